The molecule has 2 aromatic carbocycles. The molecule has 0 saturated carbocycles. The van der Waals surface area contributed by atoms with Gasteiger partial charge in [-0.3, -0.25) is 4.79 Å². The summed E-state index contributed by atoms with van der Waals surface area (Å²) in [7, 11) is 0. The first kappa shape index (κ1) is 13.2. The van der Waals surface area contributed by atoms with E-state index in [4.69, 9.17) is 0 Å². The summed E-state index contributed by atoms with van der Waals surface area (Å²) in [6, 6.07) is 11.0. The smallest absolute Gasteiger partial charge is 0.257 e. The molecule has 0 fully saturated rings. The Hall–Kier alpha value is -2.27. The maximum Gasteiger partial charge on any atom is 0.257 e. The quantitative estimate of drug-likeness (QED) is 0.894. The second-order valence-electron chi connectivity index (χ2n) is 3.93. The molecule has 2 rings (SSSR count). The van der Waals surface area contributed by atoms with Gasteiger partial charge >= 0.3 is 0 Å². The van der Waals surface area contributed by atoms with Gasteiger partial charge in [-0.1, -0.05) is 30.3 Å². The molecule has 2 aromatic rings. The van der Waals surface area contributed by atoms with Crippen molar-refractivity contribution in [3.8, 4) is 0 Å². The molecule has 0 aromatic heterocycles. The van der Waals surface area contributed by atoms with Crippen LogP contribution in [0.15, 0.2) is 48.5 Å². The maximum atomic E-state index is 13.3. The molecule has 5 heteroatoms. The zero-order valence-electron chi connectivity index (χ0n) is 9.81. The van der Waals surface area contributed by atoms with Crippen LogP contribution in [0.25, 0.3) is 0 Å². The van der Waals surface area contributed by atoms with E-state index in [9.17, 15) is 18.7 Å². The Labute approximate surface area is 108 Å². The van der Waals surface area contributed by atoms with Crippen molar-refractivity contribution in [1.82, 2.24) is 0 Å². The van der Waals surface area contributed by atoms with Crippen molar-refractivity contribution in [1.29, 1.82) is 0 Å². The van der Waals surface area contributed by atoms with Crippen LogP contribution in [-0.4, -0.2) is 11.0 Å². The van der Waals surface area contributed by atoms with E-state index < -0.39 is 23.6 Å². The van der Waals surface area contributed by atoms with Gasteiger partial charge in [-0.15, -0.1) is 0 Å². The highest BCUT2D eigenvalue weighted by molar-refractivity contribution is 5.94. The first-order valence-electron chi connectivity index (χ1n) is 5.57. The Bertz CT molecular complexity index is 587. The number of halogens is 2. The number of rotatable bonds is 3. The molecular weight excluding hydrogens is 252 g/mol. The van der Waals surface area contributed by atoms with E-state index in [1.54, 1.807) is 30.3 Å². The number of anilines is 1. The van der Waals surface area contributed by atoms with E-state index in [0.29, 0.717) is 11.6 Å². The molecular formula is C14H11F2NO2. The van der Waals surface area contributed by atoms with Crippen LogP contribution in [0, 0.1) is 11.6 Å². The number of aliphatic hydroxyl groups is 1. The molecule has 1 atom stereocenters. The van der Waals surface area contributed by atoms with Gasteiger partial charge in [0.15, 0.2) is 6.10 Å². The first-order valence-corrected chi connectivity index (χ1v) is 5.57. The molecule has 1 amide bonds. The number of aliphatic hydroxyl groups excluding tert-OH is 1. The molecule has 1 unspecified atom stereocenters. The average molecular weight is 263 g/mol. The summed E-state index contributed by atoms with van der Waals surface area (Å²) in [4.78, 5) is 11.7. The molecule has 98 valence electrons. The molecule has 0 aliphatic rings. The average Bonchev–Trinajstić information content (AvgIpc) is 2.42. The number of hydrogen-bond acceptors (Lipinski definition) is 2. The van der Waals surface area contributed by atoms with Gasteiger partial charge in [-0.2, -0.15) is 0 Å². The molecule has 0 spiro atoms. The van der Waals surface area contributed by atoms with Crippen molar-refractivity contribution in [3.05, 3.63) is 65.7 Å². The Morgan fingerprint density at radius 1 is 1.11 bits per heavy atom. The summed E-state index contributed by atoms with van der Waals surface area (Å²) in [6.45, 7) is 0. The predicted molar refractivity (Wildman–Crippen MR) is 66.4 cm³/mol. The topological polar surface area (TPSA) is 49.3 Å². The number of carbonyl (C=O) groups is 1. The highest BCUT2D eigenvalue weighted by atomic mass is 19.1. The number of benzene rings is 2. The maximum absolute atomic E-state index is 13.3. The number of amides is 1. The Balaban J connectivity index is 2.13. The fourth-order valence-electron chi connectivity index (χ4n) is 1.58. The predicted octanol–water partition coefficient (Wildman–Crippen LogP) is 2.64. The number of carbonyl (C=O) groups excluding carboxylic acids is 1. The Morgan fingerprint density at radius 2 is 1.79 bits per heavy atom. The molecule has 3 nitrogen and oxygen atoms in total. The largest absolute Gasteiger partial charge is 0.378 e. The van der Waals surface area contributed by atoms with Gasteiger partial charge in [-0.25, -0.2) is 8.78 Å². The van der Waals surface area contributed by atoms with Gasteiger partial charge in [0.2, 0.25) is 0 Å². The van der Waals surface area contributed by atoms with Gasteiger partial charge in [0.1, 0.15) is 11.6 Å². The zero-order chi connectivity index (χ0) is 13.8. The van der Waals surface area contributed by atoms with Crippen molar-refractivity contribution in [2.75, 3.05) is 5.32 Å². The zero-order valence-corrected chi connectivity index (χ0v) is 9.81. The van der Waals surface area contributed by atoms with Gasteiger partial charge in [-0.05, 0) is 17.7 Å². The summed E-state index contributed by atoms with van der Waals surface area (Å²) in [6.07, 6.45) is -1.41. The van der Waals surface area contributed by atoms with Crippen molar-refractivity contribution >= 4 is 11.6 Å². The molecule has 0 aliphatic heterocycles. The third-order valence-electron chi connectivity index (χ3n) is 2.55. The van der Waals surface area contributed by atoms with Crippen LogP contribution in [0.1, 0.15) is 11.7 Å². The SMILES string of the molecule is O=C(Nc1ccc(F)cc1F)C(O)c1ccccc1. The van der Waals surface area contributed by atoms with Crippen LogP contribution in [0.3, 0.4) is 0 Å². The van der Waals surface area contributed by atoms with Crippen molar-refractivity contribution in [2.45, 2.75) is 6.10 Å². The Morgan fingerprint density at radius 3 is 2.42 bits per heavy atom. The monoisotopic (exact) mass is 263 g/mol. The molecule has 0 bridgehead atoms. The lowest BCUT2D eigenvalue weighted by atomic mass is 10.1. The summed E-state index contributed by atoms with van der Waals surface area (Å²) < 4.78 is 26.0. The van der Waals surface area contributed by atoms with Crippen LogP contribution in [0.5, 0.6) is 0 Å². The lowest BCUT2D eigenvalue weighted by Gasteiger charge is -2.12. The molecule has 0 radical (unpaired) electrons. The lowest BCUT2D eigenvalue weighted by Crippen LogP contribution is -2.21. The van der Waals surface area contributed by atoms with Crippen molar-refractivity contribution in [2.24, 2.45) is 0 Å². The van der Waals surface area contributed by atoms with Gasteiger partial charge in [0.25, 0.3) is 5.91 Å². The minimum atomic E-state index is -1.41. The number of hydrogen-bond donors (Lipinski definition) is 2. The highest BCUT2D eigenvalue weighted by Crippen LogP contribution is 2.18. The minimum absolute atomic E-state index is 0.179. The van der Waals surface area contributed by atoms with E-state index >= 15 is 0 Å². The van der Waals surface area contributed by atoms with Crippen LogP contribution >= 0.6 is 0 Å². The Kier molecular flexibility index (Phi) is 3.87. The van der Waals surface area contributed by atoms with E-state index in [2.05, 4.69) is 5.32 Å². The molecule has 0 aliphatic carbocycles. The first-order chi connectivity index (χ1) is 9.08. The third kappa shape index (κ3) is 3.14. The lowest BCUT2D eigenvalue weighted by molar-refractivity contribution is -0.124. The molecule has 19 heavy (non-hydrogen) atoms. The number of nitrogens with one attached hydrogen (secondary N) is 1. The fraction of sp³-hybridized carbons (Fsp3) is 0.0714. The van der Waals surface area contributed by atoms with E-state index in [1.165, 1.54) is 0 Å². The van der Waals surface area contributed by atoms with Crippen LogP contribution < -0.4 is 5.32 Å². The fourth-order valence-corrected chi connectivity index (χ4v) is 1.58. The van der Waals surface area contributed by atoms with Gasteiger partial charge < -0.3 is 10.4 Å². The second-order valence-corrected chi connectivity index (χ2v) is 3.93. The molecule has 0 saturated heterocycles. The van der Waals surface area contributed by atoms with Crippen molar-refractivity contribution < 1.29 is 18.7 Å². The van der Waals surface area contributed by atoms with E-state index in [1.807, 2.05) is 0 Å². The van der Waals surface area contributed by atoms with Crippen molar-refractivity contribution in [3.63, 3.8) is 0 Å². The standard InChI is InChI=1S/C14H11F2NO2/c15-10-6-7-12(11(16)8-10)17-14(19)13(18)9-4-2-1-3-5-9/h1-8,13,18H,(H,17,19). The minimum Gasteiger partial charge on any atom is -0.378 e. The third-order valence-corrected chi connectivity index (χ3v) is 2.55. The molecule has 2 N–H and O–H groups in total. The van der Waals surface area contributed by atoms with Crippen LogP contribution in [0.4, 0.5) is 14.5 Å². The summed E-state index contributed by atoms with van der Waals surface area (Å²) in [5, 5.41) is 12.0. The summed E-state index contributed by atoms with van der Waals surface area (Å²) in [5.74, 6) is -2.41. The molecule has 0 heterocycles. The highest BCUT2D eigenvalue weighted by Gasteiger charge is 2.18. The van der Waals surface area contributed by atoms with Crippen LogP contribution in [-0.2, 0) is 4.79 Å². The summed E-state index contributed by atoms with van der Waals surface area (Å²) >= 11 is 0. The van der Waals surface area contributed by atoms with Crippen LogP contribution in [0.2, 0.25) is 0 Å². The second kappa shape index (κ2) is 5.58. The summed E-state index contributed by atoms with van der Waals surface area (Å²) in [5.41, 5.74) is 0.212. The van der Waals surface area contributed by atoms with E-state index in [0.717, 1.165) is 12.1 Å². The van der Waals surface area contributed by atoms with E-state index in [-0.39, 0.29) is 5.69 Å². The van der Waals surface area contributed by atoms with Gasteiger partial charge in [0.05, 0.1) is 5.69 Å². The normalized spacial score (nSPS) is 11.9. The van der Waals surface area contributed by atoms with Gasteiger partial charge in [0, 0.05) is 6.07 Å².